The van der Waals surface area contributed by atoms with Gasteiger partial charge < -0.3 is 15.4 Å². The first-order chi connectivity index (χ1) is 12.9. The van der Waals surface area contributed by atoms with Crippen LogP contribution in [0.4, 0.5) is 0 Å². The molecule has 0 aliphatic carbocycles. The summed E-state index contributed by atoms with van der Waals surface area (Å²) in [5, 5.41) is 5.90. The molecule has 0 aliphatic rings. The van der Waals surface area contributed by atoms with Crippen LogP contribution in [0.25, 0.3) is 0 Å². The highest BCUT2D eigenvalue weighted by Gasteiger charge is 2.08. The molecule has 0 aliphatic heterocycles. The molecule has 0 radical (unpaired) electrons. The quantitative estimate of drug-likeness (QED) is 0.679. The van der Waals surface area contributed by atoms with Crippen molar-refractivity contribution in [2.75, 3.05) is 19.7 Å². The lowest BCUT2D eigenvalue weighted by atomic mass is 10.1. The Morgan fingerprint density at radius 3 is 2.44 bits per heavy atom. The molecule has 0 fully saturated rings. The first-order valence-corrected chi connectivity index (χ1v) is 9.25. The van der Waals surface area contributed by atoms with Crippen molar-refractivity contribution >= 4 is 23.4 Å². The number of carbonyl (C=O) groups is 2. The van der Waals surface area contributed by atoms with E-state index >= 15 is 0 Å². The summed E-state index contributed by atoms with van der Waals surface area (Å²) in [7, 11) is 0. The number of hydrogen-bond donors (Lipinski definition) is 2. The summed E-state index contributed by atoms with van der Waals surface area (Å²) >= 11 is 5.78. The predicted octanol–water partition coefficient (Wildman–Crippen LogP) is 3.58. The Hall–Kier alpha value is -2.53. The highest BCUT2D eigenvalue weighted by molar-refractivity contribution is 6.30. The van der Waals surface area contributed by atoms with Crippen LogP contribution in [-0.4, -0.2) is 31.5 Å². The van der Waals surface area contributed by atoms with Crippen LogP contribution in [0.3, 0.4) is 0 Å². The summed E-state index contributed by atoms with van der Waals surface area (Å²) < 4.78 is 5.81. The standard InChI is InChI=1S/C21H25ClN2O3/c1-14-11-15(2)16(3)19(12-14)27-10-4-9-23-20(25)13-24-21(26)17-5-7-18(22)8-6-17/h5-8,11-12H,4,9-10,13H2,1-3H3,(H,23,25)(H,24,26). The molecule has 2 N–H and O–H groups in total. The minimum absolute atomic E-state index is 0.0709. The lowest BCUT2D eigenvalue weighted by molar-refractivity contribution is -0.120. The molecule has 0 aromatic heterocycles. The summed E-state index contributed by atoms with van der Waals surface area (Å²) in [6.45, 7) is 7.07. The van der Waals surface area contributed by atoms with Crippen molar-refractivity contribution in [3.63, 3.8) is 0 Å². The molecule has 2 aromatic rings. The molecule has 2 rings (SSSR count). The molecule has 6 heteroatoms. The van der Waals surface area contributed by atoms with Crippen molar-refractivity contribution in [2.45, 2.75) is 27.2 Å². The van der Waals surface area contributed by atoms with Gasteiger partial charge in [0.2, 0.25) is 5.91 Å². The maximum absolute atomic E-state index is 11.9. The molecule has 2 aromatic carbocycles. The summed E-state index contributed by atoms with van der Waals surface area (Å²) in [5.41, 5.74) is 3.96. The molecular weight excluding hydrogens is 364 g/mol. The van der Waals surface area contributed by atoms with Gasteiger partial charge in [0.15, 0.2) is 0 Å². The fourth-order valence-electron chi connectivity index (χ4n) is 2.56. The van der Waals surface area contributed by atoms with E-state index in [1.54, 1.807) is 24.3 Å². The fraction of sp³-hybridized carbons (Fsp3) is 0.333. The predicted molar refractivity (Wildman–Crippen MR) is 108 cm³/mol. The molecule has 0 bridgehead atoms. The third-order valence-electron chi connectivity index (χ3n) is 4.18. The Morgan fingerprint density at radius 1 is 1.04 bits per heavy atom. The van der Waals surface area contributed by atoms with Gasteiger partial charge in [0, 0.05) is 17.1 Å². The van der Waals surface area contributed by atoms with E-state index < -0.39 is 0 Å². The number of carbonyl (C=O) groups excluding carboxylic acids is 2. The van der Waals surface area contributed by atoms with Crippen LogP contribution < -0.4 is 15.4 Å². The highest BCUT2D eigenvalue weighted by Crippen LogP contribution is 2.23. The van der Waals surface area contributed by atoms with Crippen LogP contribution in [-0.2, 0) is 4.79 Å². The molecule has 0 saturated carbocycles. The minimum atomic E-state index is -0.310. The van der Waals surface area contributed by atoms with Crippen molar-refractivity contribution < 1.29 is 14.3 Å². The minimum Gasteiger partial charge on any atom is -0.493 e. The summed E-state index contributed by atoms with van der Waals surface area (Å²) in [5.74, 6) is 0.337. The van der Waals surface area contributed by atoms with Crippen molar-refractivity contribution in [1.82, 2.24) is 10.6 Å². The molecule has 5 nitrogen and oxygen atoms in total. The summed E-state index contributed by atoms with van der Waals surface area (Å²) in [6.07, 6.45) is 0.684. The lowest BCUT2D eigenvalue weighted by Crippen LogP contribution is -2.37. The van der Waals surface area contributed by atoms with E-state index in [0.29, 0.717) is 30.2 Å². The monoisotopic (exact) mass is 388 g/mol. The Bertz CT molecular complexity index is 804. The second kappa shape index (κ2) is 9.97. The van der Waals surface area contributed by atoms with Crippen molar-refractivity contribution in [1.29, 1.82) is 0 Å². The third-order valence-corrected chi connectivity index (χ3v) is 4.43. The molecule has 2 amide bonds. The van der Waals surface area contributed by atoms with Crippen LogP contribution >= 0.6 is 11.6 Å². The SMILES string of the molecule is Cc1cc(C)c(C)c(OCCCNC(=O)CNC(=O)c2ccc(Cl)cc2)c1. The second-order valence-electron chi connectivity index (χ2n) is 6.45. The zero-order valence-electron chi connectivity index (χ0n) is 15.9. The zero-order chi connectivity index (χ0) is 19.8. The van der Waals surface area contributed by atoms with Crippen molar-refractivity contribution in [3.05, 3.63) is 63.7 Å². The highest BCUT2D eigenvalue weighted by atomic mass is 35.5. The second-order valence-corrected chi connectivity index (χ2v) is 6.88. The summed E-state index contributed by atoms with van der Waals surface area (Å²) in [4.78, 5) is 23.7. The number of amides is 2. The maximum Gasteiger partial charge on any atom is 0.251 e. The number of rotatable bonds is 8. The van der Waals surface area contributed by atoms with Gasteiger partial charge >= 0.3 is 0 Å². The number of halogens is 1. The smallest absolute Gasteiger partial charge is 0.251 e. The van der Waals surface area contributed by atoms with Crippen LogP contribution in [0.15, 0.2) is 36.4 Å². The van der Waals surface area contributed by atoms with E-state index in [1.807, 2.05) is 19.9 Å². The Labute approximate surface area is 165 Å². The first kappa shape index (κ1) is 20.8. The Morgan fingerprint density at radius 2 is 1.74 bits per heavy atom. The van der Waals surface area contributed by atoms with Gasteiger partial charge in [0.05, 0.1) is 13.2 Å². The van der Waals surface area contributed by atoms with Crippen LogP contribution in [0.1, 0.15) is 33.5 Å². The molecule has 144 valence electrons. The van der Waals surface area contributed by atoms with Gasteiger partial charge in [-0.05, 0) is 74.2 Å². The van der Waals surface area contributed by atoms with Crippen molar-refractivity contribution in [3.8, 4) is 5.75 Å². The average Bonchev–Trinajstić information content (AvgIpc) is 2.63. The number of hydrogen-bond acceptors (Lipinski definition) is 3. The molecule has 0 unspecified atom stereocenters. The molecule has 0 heterocycles. The van der Waals surface area contributed by atoms with Gasteiger partial charge in [-0.25, -0.2) is 0 Å². The summed E-state index contributed by atoms with van der Waals surface area (Å²) in [6, 6.07) is 10.6. The van der Waals surface area contributed by atoms with E-state index in [2.05, 4.69) is 23.6 Å². The zero-order valence-corrected chi connectivity index (χ0v) is 16.7. The molecule has 0 saturated heterocycles. The first-order valence-electron chi connectivity index (χ1n) is 8.88. The average molecular weight is 389 g/mol. The van der Waals surface area contributed by atoms with Crippen LogP contribution in [0.2, 0.25) is 5.02 Å². The van der Waals surface area contributed by atoms with Gasteiger partial charge in [0.1, 0.15) is 5.75 Å². The van der Waals surface area contributed by atoms with Crippen LogP contribution in [0, 0.1) is 20.8 Å². The van der Waals surface area contributed by atoms with Gasteiger partial charge in [-0.1, -0.05) is 17.7 Å². The Kier molecular flexibility index (Phi) is 7.67. The van der Waals surface area contributed by atoms with Gasteiger partial charge in [0.25, 0.3) is 5.91 Å². The molecular formula is C21H25ClN2O3. The topological polar surface area (TPSA) is 67.4 Å². The van der Waals surface area contributed by atoms with Gasteiger partial charge in [-0.2, -0.15) is 0 Å². The molecule has 0 spiro atoms. The Balaban J connectivity index is 1.65. The van der Waals surface area contributed by atoms with Gasteiger partial charge in [-0.15, -0.1) is 0 Å². The molecule has 27 heavy (non-hydrogen) atoms. The lowest BCUT2D eigenvalue weighted by Gasteiger charge is -2.12. The van der Waals surface area contributed by atoms with Gasteiger partial charge in [-0.3, -0.25) is 9.59 Å². The largest absolute Gasteiger partial charge is 0.493 e. The normalized spacial score (nSPS) is 10.4. The number of aryl methyl sites for hydroxylation is 2. The van der Waals surface area contributed by atoms with E-state index in [0.717, 1.165) is 16.9 Å². The number of nitrogens with one attached hydrogen (secondary N) is 2. The van der Waals surface area contributed by atoms with E-state index in [4.69, 9.17) is 16.3 Å². The fourth-order valence-corrected chi connectivity index (χ4v) is 2.69. The number of ether oxygens (including phenoxy) is 1. The molecule has 0 atom stereocenters. The van der Waals surface area contributed by atoms with E-state index in [1.165, 1.54) is 5.56 Å². The van der Waals surface area contributed by atoms with E-state index in [-0.39, 0.29) is 18.4 Å². The number of benzene rings is 2. The van der Waals surface area contributed by atoms with E-state index in [9.17, 15) is 9.59 Å². The maximum atomic E-state index is 11.9. The third kappa shape index (κ3) is 6.61. The van der Waals surface area contributed by atoms with Crippen molar-refractivity contribution in [2.24, 2.45) is 0 Å². The van der Waals surface area contributed by atoms with Crippen LogP contribution in [0.5, 0.6) is 5.75 Å².